The fourth-order valence-corrected chi connectivity index (χ4v) is 5.18. The molecule has 0 aromatic carbocycles. The molecule has 0 atom stereocenters. The van der Waals surface area contributed by atoms with Gasteiger partial charge in [0.15, 0.2) is 0 Å². The van der Waals surface area contributed by atoms with Gasteiger partial charge in [-0.15, -0.1) is 0 Å². The first-order valence-electron chi connectivity index (χ1n) is 12.4. The van der Waals surface area contributed by atoms with Gasteiger partial charge in [-0.1, -0.05) is 19.3 Å². The van der Waals surface area contributed by atoms with E-state index >= 15 is 0 Å². The van der Waals surface area contributed by atoms with Gasteiger partial charge in [0.1, 0.15) is 11.9 Å². The molecule has 8 nitrogen and oxygen atoms in total. The first kappa shape index (κ1) is 25.3. The van der Waals surface area contributed by atoms with Gasteiger partial charge < -0.3 is 19.9 Å². The highest BCUT2D eigenvalue weighted by atomic mass is 16.5. The lowest BCUT2D eigenvalue weighted by Crippen LogP contribution is -2.43. The van der Waals surface area contributed by atoms with E-state index in [1.165, 1.54) is 19.3 Å². The second kappa shape index (κ2) is 12.2. The number of amides is 2. The van der Waals surface area contributed by atoms with Gasteiger partial charge in [0, 0.05) is 37.9 Å². The quantitative estimate of drug-likeness (QED) is 0.555. The summed E-state index contributed by atoms with van der Waals surface area (Å²) in [5, 5.41) is 15.8. The van der Waals surface area contributed by atoms with Gasteiger partial charge in [-0.3, -0.25) is 14.5 Å². The molecule has 0 bridgehead atoms. The molecule has 1 aliphatic heterocycles. The second-order valence-electron chi connectivity index (χ2n) is 9.44. The predicted molar refractivity (Wildman–Crippen MR) is 128 cm³/mol. The van der Waals surface area contributed by atoms with E-state index in [-0.39, 0.29) is 24.3 Å². The van der Waals surface area contributed by atoms with Crippen LogP contribution in [0.3, 0.4) is 0 Å². The van der Waals surface area contributed by atoms with E-state index in [2.05, 4.69) is 26.2 Å². The lowest BCUT2D eigenvalue weighted by atomic mass is 9.95. The maximum Gasteiger partial charge on any atom is 0.239 e. The SMILES string of the molecule is COCCCNC(=O)C1CCN(CC(=O)Nc2c(C#N)c(C)c(C)n2C2CCCCC2)CC1. The predicted octanol–water partition coefficient (Wildman–Crippen LogP) is 3.29. The number of anilines is 1. The van der Waals surface area contributed by atoms with Gasteiger partial charge in [-0.05, 0) is 64.6 Å². The summed E-state index contributed by atoms with van der Waals surface area (Å²) in [5.74, 6) is 0.675. The van der Waals surface area contributed by atoms with Gasteiger partial charge in [-0.25, -0.2) is 0 Å². The molecule has 0 unspecified atom stereocenters. The number of rotatable bonds is 9. The molecule has 0 spiro atoms. The average molecular weight is 458 g/mol. The molecule has 2 heterocycles. The number of nitrogens with zero attached hydrogens (tertiary/aromatic N) is 3. The van der Waals surface area contributed by atoms with Crippen LogP contribution in [0.1, 0.15) is 74.2 Å². The van der Waals surface area contributed by atoms with E-state index in [4.69, 9.17) is 4.74 Å². The van der Waals surface area contributed by atoms with Crippen molar-refractivity contribution in [3.8, 4) is 6.07 Å². The van der Waals surface area contributed by atoms with E-state index in [0.717, 1.165) is 56.5 Å². The van der Waals surface area contributed by atoms with Crippen molar-refractivity contribution in [2.24, 2.45) is 5.92 Å². The Balaban J connectivity index is 1.56. The maximum absolute atomic E-state index is 13.0. The summed E-state index contributed by atoms with van der Waals surface area (Å²) in [7, 11) is 1.66. The molecule has 2 fully saturated rings. The summed E-state index contributed by atoms with van der Waals surface area (Å²) in [6.45, 7) is 7.01. The molecule has 182 valence electrons. The molecule has 2 amide bonds. The third-order valence-corrected chi connectivity index (χ3v) is 7.22. The standard InChI is InChI=1S/C25H39N5O3/c1-18-19(2)30(21-8-5-4-6-9-21)24(22(18)16-26)28-23(31)17-29-13-10-20(11-14-29)25(32)27-12-7-15-33-3/h20-21H,4-15,17H2,1-3H3,(H,27,32)(H,28,31). The van der Waals surface area contributed by atoms with Crippen molar-refractivity contribution in [1.82, 2.24) is 14.8 Å². The highest BCUT2D eigenvalue weighted by Gasteiger charge is 2.28. The van der Waals surface area contributed by atoms with Crippen LogP contribution in [0, 0.1) is 31.1 Å². The lowest BCUT2D eigenvalue weighted by molar-refractivity contribution is -0.126. The highest BCUT2D eigenvalue weighted by molar-refractivity contribution is 5.93. The van der Waals surface area contributed by atoms with Crippen LogP contribution in [0.4, 0.5) is 5.82 Å². The molecule has 2 aliphatic rings. The monoisotopic (exact) mass is 457 g/mol. The summed E-state index contributed by atoms with van der Waals surface area (Å²) in [5.41, 5.74) is 2.61. The number of nitrogens with one attached hydrogen (secondary N) is 2. The van der Waals surface area contributed by atoms with Gasteiger partial charge in [-0.2, -0.15) is 5.26 Å². The van der Waals surface area contributed by atoms with E-state index in [0.29, 0.717) is 30.6 Å². The Labute approximate surface area is 197 Å². The largest absolute Gasteiger partial charge is 0.385 e. The molecular formula is C25H39N5O3. The van der Waals surface area contributed by atoms with Crippen molar-refractivity contribution in [3.63, 3.8) is 0 Å². The van der Waals surface area contributed by atoms with Crippen LogP contribution in [-0.4, -0.2) is 61.2 Å². The van der Waals surface area contributed by atoms with Crippen molar-refractivity contribution in [3.05, 3.63) is 16.8 Å². The number of likely N-dealkylation sites (tertiary alicyclic amines) is 1. The smallest absolute Gasteiger partial charge is 0.239 e. The third kappa shape index (κ3) is 6.36. The maximum atomic E-state index is 13.0. The van der Waals surface area contributed by atoms with Crippen molar-refractivity contribution in [2.45, 2.75) is 71.3 Å². The Bertz CT molecular complexity index is 858. The number of hydrogen-bond donors (Lipinski definition) is 2. The Morgan fingerprint density at radius 2 is 1.82 bits per heavy atom. The number of piperidine rings is 1. The normalized spacial score (nSPS) is 18.1. The Morgan fingerprint density at radius 1 is 1.12 bits per heavy atom. The van der Waals surface area contributed by atoms with Crippen LogP contribution >= 0.6 is 0 Å². The van der Waals surface area contributed by atoms with E-state index < -0.39 is 0 Å². The van der Waals surface area contributed by atoms with Gasteiger partial charge in [0.05, 0.1) is 12.1 Å². The first-order chi connectivity index (χ1) is 16.0. The highest BCUT2D eigenvalue weighted by Crippen LogP contribution is 2.36. The van der Waals surface area contributed by atoms with Crippen molar-refractivity contribution in [1.29, 1.82) is 5.26 Å². The summed E-state index contributed by atoms with van der Waals surface area (Å²) in [6.07, 6.45) is 8.12. The topological polar surface area (TPSA) is 99.4 Å². The number of methoxy groups -OCH3 is 1. The summed E-state index contributed by atoms with van der Waals surface area (Å²) in [6, 6.07) is 2.66. The molecule has 1 aliphatic carbocycles. The molecule has 8 heteroatoms. The number of carbonyl (C=O) groups excluding carboxylic acids is 2. The molecular weight excluding hydrogens is 418 g/mol. The zero-order valence-corrected chi connectivity index (χ0v) is 20.4. The Kier molecular flexibility index (Phi) is 9.33. The molecule has 3 rings (SSSR count). The third-order valence-electron chi connectivity index (χ3n) is 7.22. The molecule has 1 aromatic heterocycles. The van der Waals surface area contributed by atoms with Crippen LogP contribution in [0.25, 0.3) is 0 Å². The first-order valence-corrected chi connectivity index (χ1v) is 12.4. The fraction of sp³-hybridized carbons (Fsp3) is 0.720. The van der Waals surface area contributed by atoms with Crippen LogP contribution in [-0.2, 0) is 14.3 Å². The van der Waals surface area contributed by atoms with Gasteiger partial charge in [0.25, 0.3) is 0 Å². The average Bonchev–Trinajstić information content (AvgIpc) is 3.06. The van der Waals surface area contributed by atoms with E-state index in [1.54, 1.807) is 7.11 Å². The minimum atomic E-state index is -0.0940. The van der Waals surface area contributed by atoms with Crippen LogP contribution in [0.2, 0.25) is 0 Å². The number of ether oxygens (including phenoxy) is 1. The van der Waals surface area contributed by atoms with Gasteiger partial charge >= 0.3 is 0 Å². The Morgan fingerprint density at radius 3 is 2.45 bits per heavy atom. The Hall–Kier alpha value is -2.37. The zero-order valence-electron chi connectivity index (χ0n) is 20.4. The fourth-order valence-electron chi connectivity index (χ4n) is 5.18. The van der Waals surface area contributed by atoms with E-state index in [1.807, 2.05) is 13.8 Å². The van der Waals surface area contributed by atoms with Crippen LogP contribution in [0.5, 0.6) is 0 Å². The number of hydrogen-bond acceptors (Lipinski definition) is 5. The zero-order chi connectivity index (χ0) is 23.8. The molecule has 1 saturated heterocycles. The number of nitriles is 1. The minimum absolute atomic E-state index is 0.00544. The van der Waals surface area contributed by atoms with Gasteiger partial charge in [0.2, 0.25) is 11.8 Å². The van der Waals surface area contributed by atoms with Crippen LogP contribution < -0.4 is 10.6 Å². The molecule has 33 heavy (non-hydrogen) atoms. The number of carbonyl (C=O) groups is 2. The van der Waals surface area contributed by atoms with Crippen molar-refractivity contribution >= 4 is 17.6 Å². The van der Waals surface area contributed by atoms with Crippen molar-refractivity contribution < 1.29 is 14.3 Å². The van der Waals surface area contributed by atoms with E-state index in [9.17, 15) is 14.9 Å². The number of aromatic nitrogens is 1. The molecule has 1 aromatic rings. The molecule has 0 radical (unpaired) electrons. The lowest BCUT2D eigenvalue weighted by Gasteiger charge is -2.31. The second-order valence-corrected chi connectivity index (χ2v) is 9.44. The molecule has 1 saturated carbocycles. The van der Waals surface area contributed by atoms with Crippen LogP contribution in [0.15, 0.2) is 0 Å². The molecule has 2 N–H and O–H groups in total. The summed E-state index contributed by atoms with van der Waals surface area (Å²) >= 11 is 0. The summed E-state index contributed by atoms with van der Waals surface area (Å²) in [4.78, 5) is 27.4. The van der Waals surface area contributed by atoms with Crippen molar-refractivity contribution in [2.75, 3.05) is 45.2 Å². The minimum Gasteiger partial charge on any atom is -0.385 e. The summed E-state index contributed by atoms with van der Waals surface area (Å²) < 4.78 is 7.21.